The molecule has 3 heterocycles. The van der Waals surface area contributed by atoms with Crippen molar-refractivity contribution in [3.8, 4) is 0 Å². The average Bonchev–Trinajstić information content (AvgIpc) is 2.97. The molecule has 3 N–H and O–H groups in total. The van der Waals surface area contributed by atoms with Gasteiger partial charge in [-0.15, -0.1) is 0 Å². The van der Waals surface area contributed by atoms with Crippen LogP contribution in [0.1, 0.15) is 18.0 Å². The maximum atomic E-state index is 13.5. The number of benzene rings is 2. The van der Waals surface area contributed by atoms with Gasteiger partial charge in [-0.05, 0) is 55.4 Å². The van der Waals surface area contributed by atoms with Crippen LogP contribution in [-0.2, 0) is 4.79 Å². The van der Waals surface area contributed by atoms with Crippen LogP contribution >= 0.6 is 0 Å². The van der Waals surface area contributed by atoms with E-state index in [1.165, 1.54) is 11.0 Å². The summed E-state index contributed by atoms with van der Waals surface area (Å²) < 4.78 is 0. The summed E-state index contributed by atoms with van der Waals surface area (Å²) in [5.74, 6) is 0.0523. The third kappa shape index (κ3) is 5.35. The van der Waals surface area contributed by atoms with Gasteiger partial charge in [-0.1, -0.05) is 24.8 Å². The van der Waals surface area contributed by atoms with Gasteiger partial charge in [-0.2, -0.15) is 0 Å². The third-order valence-electron chi connectivity index (χ3n) is 7.82. The van der Waals surface area contributed by atoms with Gasteiger partial charge in [0.1, 0.15) is 5.84 Å². The average molecular weight is 541 g/mol. The van der Waals surface area contributed by atoms with Gasteiger partial charge < -0.3 is 30.7 Å². The minimum atomic E-state index is -0.258. The highest BCUT2D eigenvalue weighted by atomic mass is 16.2. The predicted octanol–water partition coefficient (Wildman–Crippen LogP) is 3.36. The summed E-state index contributed by atoms with van der Waals surface area (Å²) in [6, 6.07) is 15.1. The van der Waals surface area contributed by atoms with Crippen LogP contribution in [0, 0.1) is 5.41 Å². The minimum absolute atomic E-state index is 0.135. The third-order valence-corrected chi connectivity index (χ3v) is 7.82. The first-order valence-electron chi connectivity index (χ1n) is 13.5. The molecule has 3 aliphatic heterocycles. The van der Waals surface area contributed by atoms with Crippen molar-refractivity contribution >= 4 is 40.5 Å². The van der Waals surface area contributed by atoms with Gasteiger partial charge in [0.15, 0.2) is 0 Å². The maximum Gasteiger partial charge on any atom is 0.325 e. The molecular formula is C30H36N8O2. The molecule has 10 nitrogen and oxygen atoms in total. The Kier molecular flexibility index (Phi) is 7.70. The van der Waals surface area contributed by atoms with Crippen molar-refractivity contribution in [2.24, 2.45) is 10.7 Å². The van der Waals surface area contributed by atoms with Crippen molar-refractivity contribution in [2.75, 3.05) is 63.2 Å². The smallest absolute Gasteiger partial charge is 0.325 e. The number of likely N-dealkylation sites (N-methyl/N-ethyl adjacent to an activating group) is 1. The number of carbonyl (C=O) groups is 2. The van der Waals surface area contributed by atoms with Gasteiger partial charge in [0.2, 0.25) is 5.91 Å². The van der Waals surface area contributed by atoms with Crippen LogP contribution in [0.3, 0.4) is 0 Å². The van der Waals surface area contributed by atoms with Gasteiger partial charge in [-0.25, -0.2) is 9.79 Å². The number of nitrogens with one attached hydrogen (secondary N) is 1. The number of nitrogens with zero attached hydrogens (tertiary/aromatic N) is 6. The summed E-state index contributed by atoms with van der Waals surface area (Å²) in [5, 5.41) is 8.76. The van der Waals surface area contributed by atoms with Crippen LogP contribution in [0.15, 0.2) is 78.0 Å². The number of carbonyl (C=O) groups excluding carboxylic acids is 2. The fraction of sp³-hybridized carbons (Fsp3) is 0.333. The number of nitrogens with two attached hydrogens (primary N) is 1. The predicted molar refractivity (Wildman–Crippen MR) is 159 cm³/mol. The molecule has 10 heteroatoms. The number of urea groups is 1. The summed E-state index contributed by atoms with van der Waals surface area (Å²) >= 11 is 0. The molecule has 0 aliphatic carbocycles. The summed E-state index contributed by atoms with van der Waals surface area (Å²) in [4.78, 5) is 40.0. The lowest BCUT2D eigenvalue weighted by Crippen LogP contribution is -2.53. The van der Waals surface area contributed by atoms with Crippen molar-refractivity contribution in [3.63, 3.8) is 0 Å². The molecule has 2 fully saturated rings. The number of piperazine rings is 1. The van der Waals surface area contributed by atoms with Gasteiger partial charge in [0.25, 0.3) is 0 Å². The molecule has 0 aromatic heterocycles. The van der Waals surface area contributed by atoms with Crippen LogP contribution in [0.5, 0.6) is 0 Å². The Labute approximate surface area is 235 Å². The lowest BCUT2D eigenvalue weighted by molar-refractivity contribution is -0.114. The van der Waals surface area contributed by atoms with E-state index in [9.17, 15) is 9.59 Å². The van der Waals surface area contributed by atoms with Crippen molar-refractivity contribution in [2.45, 2.75) is 12.5 Å². The summed E-state index contributed by atoms with van der Waals surface area (Å²) in [6.45, 7) is 8.27. The number of rotatable bonds is 5. The van der Waals surface area contributed by atoms with Crippen molar-refractivity contribution < 1.29 is 9.59 Å². The molecule has 3 aliphatic rings. The second-order valence-corrected chi connectivity index (χ2v) is 10.4. The summed E-state index contributed by atoms with van der Waals surface area (Å²) in [7, 11) is 3.78. The minimum Gasteiger partial charge on any atom is -0.384 e. The largest absolute Gasteiger partial charge is 0.384 e. The van der Waals surface area contributed by atoms with E-state index in [1.807, 2.05) is 48.5 Å². The number of fused-ring (bicyclic) bond motifs is 1. The SMILES string of the molecule is C=CC(=O)N1CCC(N2CC(=N)/C(=C\C(N)=Nc3ccc(N4CCN(C)CC4)cc3)N(C)C2=O)c2ccccc21. The zero-order valence-electron chi connectivity index (χ0n) is 23.1. The Balaban J connectivity index is 1.31. The molecule has 40 heavy (non-hydrogen) atoms. The normalized spacial score (nSPS) is 21.6. The quantitative estimate of drug-likeness (QED) is 0.343. The first-order chi connectivity index (χ1) is 19.3. The highest BCUT2D eigenvalue weighted by Crippen LogP contribution is 2.39. The Bertz CT molecular complexity index is 1370. The number of hydrogen-bond acceptors (Lipinski definition) is 6. The molecule has 0 saturated carbocycles. The first-order valence-corrected chi connectivity index (χ1v) is 13.5. The fourth-order valence-electron chi connectivity index (χ4n) is 5.57. The molecule has 2 aromatic carbocycles. The molecule has 1 atom stereocenters. The van der Waals surface area contributed by atoms with Crippen molar-refractivity contribution in [1.82, 2.24) is 14.7 Å². The Morgan fingerprint density at radius 1 is 1.05 bits per heavy atom. The zero-order chi connectivity index (χ0) is 28.4. The fourth-order valence-corrected chi connectivity index (χ4v) is 5.57. The summed E-state index contributed by atoms with van der Waals surface area (Å²) in [5.41, 5.74) is 10.5. The first kappa shape index (κ1) is 27.1. The summed E-state index contributed by atoms with van der Waals surface area (Å²) in [6.07, 6.45) is 3.46. The second kappa shape index (κ2) is 11.4. The number of amidine groups is 1. The van der Waals surface area contributed by atoms with Crippen LogP contribution in [-0.4, -0.2) is 91.5 Å². The molecule has 208 valence electrons. The highest BCUT2D eigenvalue weighted by Gasteiger charge is 2.39. The molecular weight excluding hydrogens is 504 g/mol. The Morgan fingerprint density at radius 3 is 2.45 bits per heavy atom. The molecule has 1 unspecified atom stereocenters. The van der Waals surface area contributed by atoms with Crippen molar-refractivity contribution in [3.05, 3.63) is 78.5 Å². The number of anilines is 2. The molecule has 2 aromatic rings. The molecule has 2 saturated heterocycles. The van der Waals surface area contributed by atoms with E-state index in [0.29, 0.717) is 24.4 Å². The number of aliphatic imine (C=N–C) groups is 1. The Hall–Kier alpha value is -4.44. The van der Waals surface area contributed by atoms with E-state index in [-0.39, 0.29) is 36.1 Å². The lowest BCUT2D eigenvalue weighted by Gasteiger charge is -2.44. The van der Waals surface area contributed by atoms with E-state index < -0.39 is 0 Å². The van der Waals surface area contributed by atoms with Crippen molar-refractivity contribution in [1.29, 1.82) is 5.41 Å². The topological polar surface area (TPSA) is 113 Å². The van der Waals surface area contributed by atoms with E-state index >= 15 is 0 Å². The molecule has 3 amide bonds. The lowest BCUT2D eigenvalue weighted by atomic mass is 9.94. The van der Waals surface area contributed by atoms with Gasteiger partial charge in [-0.3, -0.25) is 9.69 Å². The van der Waals surface area contributed by atoms with Gasteiger partial charge in [0.05, 0.1) is 29.7 Å². The zero-order valence-corrected chi connectivity index (χ0v) is 23.1. The Morgan fingerprint density at radius 2 is 1.75 bits per heavy atom. The van der Waals surface area contributed by atoms with Gasteiger partial charge in [0, 0.05) is 57.2 Å². The molecule has 0 bridgehead atoms. The molecule has 5 rings (SSSR count). The number of para-hydroxylation sites is 1. The molecule has 0 radical (unpaired) electrons. The van der Waals surface area contributed by atoms with E-state index in [0.717, 1.165) is 43.1 Å². The standard InChI is InChI=1S/C30H36N8O2/c1-4-29(39)37-14-13-26(23-7-5-6-8-25(23)37)38-20-24(31)27(35(3)30(38)40)19-28(32)33-21-9-11-22(12-10-21)36-17-15-34(2)16-18-36/h4-12,19,26,31H,1,13-18,20H2,2-3H3,(H2,32,33)/b27-19+,31-24?. The van der Waals surface area contributed by atoms with E-state index in [1.54, 1.807) is 22.9 Å². The van der Waals surface area contributed by atoms with Gasteiger partial charge >= 0.3 is 6.03 Å². The van der Waals surface area contributed by atoms with Crippen LogP contribution in [0.2, 0.25) is 0 Å². The maximum absolute atomic E-state index is 13.5. The number of hydrogen-bond donors (Lipinski definition) is 2. The second-order valence-electron chi connectivity index (χ2n) is 10.4. The monoisotopic (exact) mass is 540 g/mol. The van der Waals surface area contributed by atoms with Crippen LogP contribution in [0.4, 0.5) is 21.9 Å². The van der Waals surface area contributed by atoms with Crippen LogP contribution in [0.25, 0.3) is 0 Å². The highest BCUT2D eigenvalue weighted by molar-refractivity contribution is 6.10. The van der Waals surface area contributed by atoms with E-state index in [2.05, 4.69) is 28.4 Å². The molecule has 0 spiro atoms. The van der Waals surface area contributed by atoms with Crippen LogP contribution < -0.4 is 15.5 Å². The number of amides is 3. The van der Waals surface area contributed by atoms with E-state index in [4.69, 9.17) is 11.1 Å².